The summed E-state index contributed by atoms with van der Waals surface area (Å²) in [6.07, 6.45) is 3.41. The molecule has 0 saturated carbocycles. The number of hydrogen-bond acceptors (Lipinski definition) is 4. The topological polar surface area (TPSA) is 109 Å². The molecule has 0 fully saturated rings. The Morgan fingerprint density at radius 2 is 1.85 bits per heavy atom. The van der Waals surface area contributed by atoms with Crippen molar-refractivity contribution < 1.29 is 9.84 Å². The predicted octanol–water partition coefficient (Wildman–Crippen LogP) is 4.68. The van der Waals surface area contributed by atoms with E-state index in [0.29, 0.717) is 33.9 Å². The van der Waals surface area contributed by atoms with E-state index in [1.807, 2.05) is 30.3 Å². The highest BCUT2D eigenvalue weighted by Gasteiger charge is 2.27. The molecule has 3 aliphatic rings. The van der Waals surface area contributed by atoms with Crippen molar-refractivity contribution in [2.24, 2.45) is 10.7 Å². The summed E-state index contributed by atoms with van der Waals surface area (Å²) in [6, 6.07) is 11.1. The van der Waals surface area contributed by atoms with Crippen LogP contribution in [0.4, 0.5) is 0 Å². The largest absolute Gasteiger partial charge is 0.507 e. The van der Waals surface area contributed by atoms with E-state index < -0.39 is 0 Å². The Labute approximate surface area is 196 Å². The van der Waals surface area contributed by atoms with Gasteiger partial charge in [-0.1, -0.05) is 22.0 Å². The summed E-state index contributed by atoms with van der Waals surface area (Å²) < 4.78 is 6.35. The molecule has 3 aromatic rings. The van der Waals surface area contributed by atoms with E-state index in [1.165, 1.54) is 0 Å². The van der Waals surface area contributed by atoms with E-state index in [0.717, 1.165) is 49.1 Å². The molecule has 0 atom stereocenters. The minimum Gasteiger partial charge on any atom is -0.507 e. The predicted molar refractivity (Wildman–Crippen MR) is 135 cm³/mol. The Hall–Kier alpha value is -3.71. The van der Waals surface area contributed by atoms with Crippen LogP contribution in [0.15, 0.2) is 50.7 Å². The first-order chi connectivity index (χ1) is 15.9. The summed E-state index contributed by atoms with van der Waals surface area (Å²) >= 11 is 3.56. The number of nitrogens with two attached hydrogens (primary N) is 1. The van der Waals surface area contributed by atoms with Crippen molar-refractivity contribution in [2.45, 2.75) is 12.8 Å². The number of fused-ring (bicyclic) bond motifs is 4. The maximum Gasteiger partial charge on any atom is 0.213 e. The lowest BCUT2D eigenvalue weighted by atomic mass is 9.81. The first-order valence-electron chi connectivity index (χ1n) is 10.5. The lowest BCUT2D eigenvalue weighted by molar-refractivity contribution is 0.415. The Balaban J connectivity index is 1.96. The number of aromatic hydroxyl groups is 1. The van der Waals surface area contributed by atoms with Gasteiger partial charge in [0.2, 0.25) is 5.96 Å². The number of hydrogen-bond donors (Lipinski definition) is 3. The van der Waals surface area contributed by atoms with Gasteiger partial charge in [0.1, 0.15) is 11.5 Å². The van der Waals surface area contributed by atoms with E-state index in [1.54, 1.807) is 19.2 Å². The van der Waals surface area contributed by atoms with E-state index in [9.17, 15) is 9.90 Å². The zero-order chi connectivity index (χ0) is 23.0. The molecule has 0 radical (unpaired) electrons. The van der Waals surface area contributed by atoms with Crippen LogP contribution >= 0.6 is 15.9 Å². The fourth-order valence-electron chi connectivity index (χ4n) is 5.20. The van der Waals surface area contributed by atoms with Gasteiger partial charge in [-0.2, -0.15) is 0 Å². The maximum absolute atomic E-state index is 13.7. The first kappa shape index (κ1) is 19.9. The van der Waals surface area contributed by atoms with Crippen LogP contribution in [0.5, 0.6) is 11.5 Å². The number of phenols is 1. The Bertz CT molecular complexity index is 1770. The highest BCUT2D eigenvalue weighted by atomic mass is 79.9. The second-order valence-corrected chi connectivity index (χ2v) is 9.32. The molecule has 7 heteroatoms. The van der Waals surface area contributed by atoms with Gasteiger partial charge in [-0.3, -0.25) is 10.2 Å². The number of methoxy groups -OCH3 is 1. The summed E-state index contributed by atoms with van der Waals surface area (Å²) in [5.41, 5.74) is 8.48. The number of nitrogens with zero attached hydrogens (tertiary/aromatic N) is 1. The van der Waals surface area contributed by atoms with E-state index in [-0.39, 0.29) is 17.1 Å². The summed E-state index contributed by atoms with van der Waals surface area (Å²) in [5.74, 6) is 0.444. The molecule has 3 aromatic carbocycles. The molecule has 0 aromatic heterocycles. The van der Waals surface area contributed by atoms with Gasteiger partial charge in [-0.15, -0.1) is 0 Å². The fraction of sp³-hybridized carbons (Fsp3) is 0.115. The zero-order valence-corrected chi connectivity index (χ0v) is 19.2. The number of guanidine groups is 1. The van der Waals surface area contributed by atoms with Crippen LogP contribution < -0.4 is 21.3 Å². The zero-order valence-electron chi connectivity index (χ0n) is 17.6. The van der Waals surface area contributed by atoms with E-state index in [4.69, 9.17) is 15.9 Å². The monoisotopic (exact) mass is 499 g/mol. The molecule has 6 rings (SSSR count). The van der Waals surface area contributed by atoms with Crippen molar-refractivity contribution in [3.8, 4) is 22.6 Å². The Morgan fingerprint density at radius 3 is 2.61 bits per heavy atom. The smallest absolute Gasteiger partial charge is 0.213 e. The number of halogens is 1. The molecule has 0 heterocycles. The highest BCUT2D eigenvalue weighted by Crippen LogP contribution is 2.47. The molecule has 0 aliphatic heterocycles. The van der Waals surface area contributed by atoms with Crippen molar-refractivity contribution >= 4 is 60.3 Å². The summed E-state index contributed by atoms with van der Waals surface area (Å²) in [6.45, 7) is 0. The van der Waals surface area contributed by atoms with Gasteiger partial charge in [-0.25, -0.2) is 4.99 Å². The van der Waals surface area contributed by atoms with Crippen molar-refractivity contribution in [1.29, 1.82) is 5.41 Å². The van der Waals surface area contributed by atoms with Crippen LogP contribution in [-0.2, 0) is 6.42 Å². The molecular weight excluding hydrogens is 482 g/mol. The van der Waals surface area contributed by atoms with Gasteiger partial charge in [0.15, 0.2) is 5.43 Å². The number of benzene rings is 5. The number of ether oxygens (including phenoxy) is 1. The average Bonchev–Trinajstić information content (AvgIpc) is 2.80. The van der Waals surface area contributed by atoms with Gasteiger partial charge < -0.3 is 15.6 Å². The maximum atomic E-state index is 13.7. The van der Waals surface area contributed by atoms with E-state index in [2.05, 4.69) is 20.9 Å². The third-order valence-electron chi connectivity index (χ3n) is 6.56. The summed E-state index contributed by atoms with van der Waals surface area (Å²) in [5, 5.41) is 24.1. The fourth-order valence-corrected chi connectivity index (χ4v) is 5.63. The number of allylic oxidation sites excluding steroid dienone is 1. The van der Waals surface area contributed by atoms with E-state index >= 15 is 0 Å². The number of nitrogens with one attached hydrogen (secondary N) is 1. The van der Waals surface area contributed by atoms with Gasteiger partial charge in [-0.05, 0) is 70.1 Å². The van der Waals surface area contributed by atoms with Crippen LogP contribution in [0.1, 0.15) is 17.5 Å². The lowest BCUT2D eigenvalue weighted by Gasteiger charge is -2.23. The average molecular weight is 500 g/mol. The van der Waals surface area contributed by atoms with Crippen LogP contribution in [0.25, 0.3) is 49.5 Å². The van der Waals surface area contributed by atoms with Crippen molar-refractivity contribution in [2.75, 3.05) is 7.11 Å². The Morgan fingerprint density at radius 1 is 1.09 bits per heavy atom. The molecule has 3 aliphatic carbocycles. The molecule has 33 heavy (non-hydrogen) atoms. The SMILES string of the molecule is COc1ccc2c3ccc4c(O)c5c(c6c(=NC(=N)N)cc(c(=O)c2c1)-c3c46)CCC(Br)=C5. The van der Waals surface area contributed by atoms with Gasteiger partial charge >= 0.3 is 0 Å². The molecule has 4 N–H and O–H groups in total. The Kier molecular flexibility index (Phi) is 4.16. The molecule has 6 nitrogen and oxygen atoms in total. The van der Waals surface area contributed by atoms with Crippen molar-refractivity contribution in [3.05, 3.63) is 67.6 Å². The summed E-state index contributed by atoms with van der Waals surface area (Å²) in [4.78, 5) is 18.0. The molecule has 0 spiro atoms. The second-order valence-electron chi connectivity index (χ2n) is 8.30. The van der Waals surface area contributed by atoms with Crippen LogP contribution in [0.2, 0.25) is 0 Å². The molecule has 162 valence electrons. The quantitative estimate of drug-likeness (QED) is 0.134. The molecule has 0 bridgehead atoms. The van der Waals surface area contributed by atoms with Crippen molar-refractivity contribution in [1.82, 2.24) is 0 Å². The molecular formula is C26H18BrN3O3. The minimum absolute atomic E-state index is 0.148. The highest BCUT2D eigenvalue weighted by molar-refractivity contribution is 9.11. The van der Waals surface area contributed by atoms with Gasteiger partial charge in [0.25, 0.3) is 0 Å². The number of aryl methyl sites for hydroxylation is 1. The van der Waals surface area contributed by atoms with Gasteiger partial charge in [0, 0.05) is 38.2 Å². The van der Waals surface area contributed by atoms with Crippen LogP contribution in [-0.4, -0.2) is 18.2 Å². The second kappa shape index (κ2) is 6.89. The molecule has 0 amide bonds. The number of phenolic OH excluding ortho intramolecular Hbond substituents is 1. The standard InChI is InChI=1S/C26H18BrN3O3/c1-33-12-3-5-13-14-6-7-16-23-21(14)19(25(32)18(13)9-12)10-20(30-26(28)29)22(23)15-4-2-11(27)8-17(15)24(16)31/h3,5-10,31H,2,4H2,1H3,(H3,28,29). The first-order valence-corrected chi connectivity index (χ1v) is 11.3. The molecule has 0 saturated heterocycles. The minimum atomic E-state index is -0.339. The van der Waals surface area contributed by atoms with Gasteiger partial charge in [0.05, 0.1) is 12.5 Å². The third-order valence-corrected chi connectivity index (χ3v) is 7.19. The van der Waals surface area contributed by atoms with Crippen LogP contribution in [0.3, 0.4) is 0 Å². The number of rotatable bonds is 1. The summed E-state index contributed by atoms with van der Waals surface area (Å²) in [7, 11) is 1.57. The normalized spacial score (nSPS) is 14.4. The third kappa shape index (κ3) is 2.69. The molecule has 0 unspecified atom stereocenters. The lowest BCUT2D eigenvalue weighted by Crippen LogP contribution is -2.20. The van der Waals surface area contributed by atoms with Crippen LogP contribution in [0, 0.1) is 5.41 Å². The van der Waals surface area contributed by atoms with Crippen molar-refractivity contribution in [3.63, 3.8) is 0 Å².